The zero-order chi connectivity index (χ0) is 18.4. The van der Waals surface area contributed by atoms with E-state index in [9.17, 15) is 4.79 Å². The first-order valence-corrected chi connectivity index (χ1v) is 10.0. The topological polar surface area (TPSA) is 77.2 Å². The van der Waals surface area contributed by atoms with E-state index in [2.05, 4.69) is 22.4 Å². The minimum atomic E-state index is 0.0181. The second-order valence-corrected chi connectivity index (χ2v) is 7.72. The van der Waals surface area contributed by atoms with Gasteiger partial charge in [0.2, 0.25) is 5.91 Å². The molecule has 7 heteroatoms. The van der Waals surface area contributed by atoms with Gasteiger partial charge in [-0.1, -0.05) is 43.7 Å². The molecule has 1 aliphatic carbocycles. The second-order valence-electron chi connectivity index (χ2n) is 6.79. The molecule has 1 aromatic heterocycles. The Morgan fingerprint density at radius 3 is 3.00 bits per heavy atom. The lowest BCUT2D eigenvalue weighted by Gasteiger charge is -2.29. The molecule has 1 aliphatic rings. The second kappa shape index (κ2) is 9.07. The highest BCUT2D eigenvalue weighted by Gasteiger charge is 2.23. The monoisotopic (exact) mass is 375 g/mol. The van der Waals surface area contributed by atoms with Crippen molar-refractivity contribution >= 4 is 17.7 Å². The van der Waals surface area contributed by atoms with E-state index in [4.69, 9.17) is 9.15 Å². The molecule has 0 unspecified atom stereocenters. The number of rotatable bonds is 7. The number of hydrogen-bond acceptors (Lipinski definition) is 6. The van der Waals surface area contributed by atoms with Crippen molar-refractivity contribution in [2.75, 3.05) is 5.75 Å². The largest absolute Gasteiger partial charge is 0.484 e. The highest BCUT2D eigenvalue weighted by atomic mass is 32.2. The molecule has 1 N–H and O–H groups in total. The van der Waals surface area contributed by atoms with Crippen LogP contribution in [0.5, 0.6) is 5.75 Å². The van der Waals surface area contributed by atoms with Gasteiger partial charge in [-0.05, 0) is 43.4 Å². The van der Waals surface area contributed by atoms with Gasteiger partial charge in [0.15, 0.2) is 6.61 Å². The van der Waals surface area contributed by atoms with E-state index in [0.29, 0.717) is 17.0 Å². The fraction of sp³-hybridized carbons (Fsp3) is 0.526. The van der Waals surface area contributed by atoms with Gasteiger partial charge < -0.3 is 14.5 Å². The van der Waals surface area contributed by atoms with Crippen LogP contribution in [0, 0.1) is 12.8 Å². The Morgan fingerprint density at radius 2 is 2.19 bits per heavy atom. The summed E-state index contributed by atoms with van der Waals surface area (Å²) in [4.78, 5) is 12.1. The standard InChI is InChI=1S/C19H25N3O3S/c1-13-6-5-8-15(10-13)24-11-18-21-22-19(25-18)26-12-17(23)20-16-9-4-3-7-14(16)2/h5-6,8,10,14,16H,3-4,7,9,11-12H2,1-2H3,(H,20,23)/t14-,16-/m1/s1. The summed E-state index contributed by atoms with van der Waals surface area (Å²) in [5.41, 5.74) is 1.13. The predicted octanol–water partition coefficient (Wildman–Crippen LogP) is 3.74. The van der Waals surface area contributed by atoms with Gasteiger partial charge >= 0.3 is 0 Å². The minimum absolute atomic E-state index is 0.0181. The van der Waals surface area contributed by atoms with Crippen molar-refractivity contribution < 1.29 is 13.9 Å². The number of carbonyl (C=O) groups is 1. The third kappa shape index (κ3) is 5.49. The Bertz CT molecular complexity index is 734. The number of nitrogens with zero attached hydrogens (tertiary/aromatic N) is 2. The van der Waals surface area contributed by atoms with Gasteiger partial charge in [0.25, 0.3) is 11.1 Å². The van der Waals surface area contributed by atoms with Crippen molar-refractivity contribution in [2.45, 2.75) is 57.4 Å². The minimum Gasteiger partial charge on any atom is -0.484 e. The van der Waals surface area contributed by atoms with E-state index in [1.807, 2.05) is 31.2 Å². The van der Waals surface area contributed by atoms with Crippen molar-refractivity contribution in [1.29, 1.82) is 0 Å². The molecule has 1 aromatic carbocycles. The normalized spacial score (nSPS) is 19.9. The Hall–Kier alpha value is -2.02. The zero-order valence-corrected chi connectivity index (χ0v) is 16.1. The molecule has 0 saturated heterocycles. The molecule has 6 nitrogen and oxygen atoms in total. The van der Waals surface area contributed by atoms with E-state index >= 15 is 0 Å². The maximum Gasteiger partial charge on any atom is 0.277 e. The average molecular weight is 375 g/mol. The first-order chi connectivity index (χ1) is 12.6. The molecule has 0 spiro atoms. The molecule has 1 fully saturated rings. The van der Waals surface area contributed by atoms with Crippen LogP contribution in [0.2, 0.25) is 0 Å². The van der Waals surface area contributed by atoms with E-state index in [1.54, 1.807) is 0 Å². The van der Waals surface area contributed by atoms with E-state index in [1.165, 1.54) is 31.0 Å². The number of ether oxygens (including phenoxy) is 1. The Labute approximate surface area is 158 Å². The third-order valence-electron chi connectivity index (χ3n) is 4.58. The van der Waals surface area contributed by atoms with Crippen LogP contribution in [0.4, 0.5) is 0 Å². The van der Waals surface area contributed by atoms with Gasteiger partial charge in [-0.15, -0.1) is 10.2 Å². The van der Waals surface area contributed by atoms with Crippen LogP contribution in [-0.2, 0) is 11.4 Å². The van der Waals surface area contributed by atoms with Crippen LogP contribution in [0.3, 0.4) is 0 Å². The fourth-order valence-electron chi connectivity index (χ4n) is 3.11. The van der Waals surface area contributed by atoms with Gasteiger partial charge in [-0.3, -0.25) is 4.79 Å². The van der Waals surface area contributed by atoms with E-state index in [0.717, 1.165) is 17.7 Å². The number of thioether (sulfide) groups is 1. The molecule has 3 rings (SSSR count). The number of aryl methyl sites for hydroxylation is 1. The molecule has 1 amide bonds. The molecule has 1 saturated carbocycles. The fourth-order valence-corrected chi connectivity index (χ4v) is 3.70. The first-order valence-electron chi connectivity index (χ1n) is 9.04. The Morgan fingerprint density at radius 1 is 1.35 bits per heavy atom. The molecule has 2 atom stereocenters. The molecule has 0 aliphatic heterocycles. The third-order valence-corrected chi connectivity index (χ3v) is 5.40. The van der Waals surface area contributed by atoms with Gasteiger partial charge in [-0.25, -0.2) is 0 Å². The van der Waals surface area contributed by atoms with Gasteiger partial charge in [-0.2, -0.15) is 0 Å². The van der Waals surface area contributed by atoms with Crippen molar-refractivity contribution in [3.8, 4) is 5.75 Å². The van der Waals surface area contributed by atoms with Crippen molar-refractivity contribution in [2.24, 2.45) is 5.92 Å². The van der Waals surface area contributed by atoms with Crippen LogP contribution < -0.4 is 10.1 Å². The lowest BCUT2D eigenvalue weighted by Crippen LogP contribution is -2.41. The molecule has 140 valence electrons. The summed E-state index contributed by atoms with van der Waals surface area (Å²) < 4.78 is 11.2. The average Bonchev–Trinajstić information content (AvgIpc) is 3.08. The van der Waals surface area contributed by atoms with Crippen LogP contribution >= 0.6 is 11.8 Å². The zero-order valence-electron chi connectivity index (χ0n) is 15.2. The Kier molecular flexibility index (Phi) is 6.55. The van der Waals surface area contributed by atoms with Crippen molar-refractivity contribution in [3.05, 3.63) is 35.7 Å². The maximum absolute atomic E-state index is 12.1. The van der Waals surface area contributed by atoms with Crippen LogP contribution in [0.15, 0.2) is 33.9 Å². The number of nitrogens with one attached hydrogen (secondary N) is 1. The highest BCUT2D eigenvalue weighted by molar-refractivity contribution is 7.99. The van der Waals surface area contributed by atoms with Gasteiger partial charge in [0.1, 0.15) is 5.75 Å². The van der Waals surface area contributed by atoms with Crippen molar-refractivity contribution in [1.82, 2.24) is 15.5 Å². The highest BCUT2D eigenvalue weighted by Crippen LogP contribution is 2.24. The summed E-state index contributed by atoms with van der Waals surface area (Å²) in [5.74, 6) is 2.01. The smallest absolute Gasteiger partial charge is 0.277 e. The van der Waals surface area contributed by atoms with E-state index < -0.39 is 0 Å². The number of amides is 1. The van der Waals surface area contributed by atoms with Gasteiger partial charge in [0.05, 0.1) is 5.75 Å². The molecule has 1 heterocycles. The molecule has 26 heavy (non-hydrogen) atoms. The number of aromatic nitrogens is 2. The van der Waals surface area contributed by atoms with Crippen molar-refractivity contribution in [3.63, 3.8) is 0 Å². The maximum atomic E-state index is 12.1. The molecular weight excluding hydrogens is 350 g/mol. The summed E-state index contributed by atoms with van der Waals surface area (Å²) in [6, 6.07) is 8.06. The molecular formula is C19H25N3O3S. The summed E-state index contributed by atoms with van der Waals surface area (Å²) in [5, 5.41) is 11.4. The lowest BCUT2D eigenvalue weighted by atomic mass is 9.86. The van der Waals surface area contributed by atoms with Gasteiger partial charge in [0, 0.05) is 6.04 Å². The van der Waals surface area contributed by atoms with Crippen LogP contribution in [-0.4, -0.2) is 27.9 Å². The number of carbonyl (C=O) groups excluding carboxylic acids is 1. The summed E-state index contributed by atoms with van der Waals surface area (Å²) >= 11 is 1.26. The lowest BCUT2D eigenvalue weighted by molar-refractivity contribution is -0.119. The summed E-state index contributed by atoms with van der Waals surface area (Å²) in [6.07, 6.45) is 4.71. The SMILES string of the molecule is Cc1cccc(OCc2nnc(SCC(=O)N[C@@H]3CCCC[C@H]3C)o2)c1. The first kappa shape index (κ1) is 18.8. The molecule has 0 bridgehead atoms. The van der Waals surface area contributed by atoms with Crippen LogP contribution in [0.1, 0.15) is 44.1 Å². The molecule has 0 radical (unpaired) electrons. The van der Waals surface area contributed by atoms with Crippen LogP contribution in [0.25, 0.3) is 0 Å². The Balaban J connectivity index is 1.42. The number of benzene rings is 1. The quantitative estimate of drug-likeness (QED) is 0.743. The predicted molar refractivity (Wildman–Crippen MR) is 100 cm³/mol. The molecule has 2 aromatic rings. The summed E-state index contributed by atoms with van der Waals surface area (Å²) in [7, 11) is 0. The number of hydrogen-bond donors (Lipinski definition) is 1. The van der Waals surface area contributed by atoms with E-state index in [-0.39, 0.29) is 24.3 Å². The summed E-state index contributed by atoms with van der Waals surface area (Å²) in [6.45, 7) is 4.42.